The van der Waals surface area contributed by atoms with Gasteiger partial charge in [-0.05, 0) is 51.7 Å². The molecule has 0 spiro atoms. The Labute approximate surface area is 198 Å². The fourth-order valence-corrected chi connectivity index (χ4v) is 7.79. The SMILES string of the molecule is C=S1CC(CC)=C(C(C)(C)c2cnc(C)s2)C=C1NC(=O)C(C)(C)SC1CCOCC1. The Morgan fingerprint density at radius 1 is 1.35 bits per heavy atom. The molecule has 0 bridgehead atoms. The van der Waals surface area contributed by atoms with Gasteiger partial charge in [0.05, 0.1) is 14.8 Å². The Morgan fingerprint density at radius 3 is 2.61 bits per heavy atom. The molecule has 31 heavy (non-hydrogen) atoms. The van der Waals surface area contributed by atoms with Crippen molar-refractivity contribution < 1.29 is 9.53 Å². The van der Waals surface area contributed by atoms with Gasteiger partial charge in [0.2, 0.25) is 5.91 Å². The van der Waals surface area contributed by atoms with E-state index in [4.69, 9.17) is 4.74 Å². The number of amides is 1. The normalized spacial score (nSPS) is 21.2. The first-order valence-electron chi connectivity index (χ1n) is 11.0. The van der Waals surface area contributed by atoms with Crippen molar-refractivity contribution in [2.24, 2.45) is 0 Å². The predicted octanol–water partition coefficient (Wildman–Crippen LogP) is 5.80. The summed E-state index contributed by atoms with van der Waals surface area (Å²) < 4.78 is 4.98. The summed E-state index contributed by atoms with van der Waals surface area (Å²) in [5.41, 5.74) is 2.59. The summed E-state index contributed by atoms with van der Waals surface area (Å²) in [6.07, 6.45) is 7.23. The lowest BCUT2D eigenvalue weighted by Crippen LogP contribution is -2.41. The molecule has 172 valence electrons. The van der Waals surface area contributed by atoms with Crippen LogP contribution in [0.1, 0.15) is 63.8 Å². The number of carbonyl (C=O) groups is 1. The number of thioether (sulfide) groups is 1. The second-order valence-corrected chi connectivity index (χ2v) is 14.2. The lowest BCUT2D eigenvalue weighted by Gasteiger charge is -2.34. The number of carbonyl (C=O) groups excluding carboxylic acids is 1. The summed E-state index contributed by atoms with van der Waals surface area (Å²) in [4.78, 5) is 19.0. The van der Waals surface area contributed by atoms with E-state index < -0.39 is 4.75 Å². The van der Waals surface area contributed by atoms with E-state index in [-0.39, 0.29) is 21.8 Å². The molecule has 1 aromatic rings. The van der Waals surface area contributed by atoms with Crippen molar-refractivity contribution >= 4 is 45.4 Å². The maximum atomic E-state index is 13.3. The van der Waals surface area contributed by atoms with Gasteiger partial charge in [-0.3, -0.25) is 4.79 Å². The number of rotatable bonds is 7. The highest BCUT2D eigenvalue weighted by Crippen LogP contribution is 2.44. The monoisotopic (exact) mass is 480 g/mol. The van der Waals surface area contributed by atoms with Gasteiger partial charge in [0.1, 0.15) is 0 Å². The molecule has 1 saturated heterocycles. The molecule has 1 amide bonds. The molecule has 0 saturated carbocycles. The number of aryl methyl sites for hydroxylation is 1. The highest BCUT2D eigenvalue weighted by molar-refractivity contribution is 8.17. The van der Waals surface area contributed by atoms with E-state index in [0.717, 1.165) is 48.3 Å². The Morgan fingerprint density at radius 2 is 2.03 bits per heavy atom. The van der Waals surface area contributed by atoms with Crippen molar-refractivity contribution in [2.75, 3.05) is 19.0 Å². The van der Waals surface area contributed by atoms with Crippen LogP contribution < -0.4 is 5.32 Å². The molecule has 1 atom stereocenters. The van der Waals surface area contributed by atoms with E-state index in [1.165, 1.54) is 16.0 Å². The van der Waals surface area contributed by atoms with Gasteiger partial charge in [-0.2, -0.15) is 0 Å². The zero-order valence-corrected chi connectivity index (χ0v) is 22.1. The first-order valence-corrected chi connectivity index (χ1v) is 14.2. The second-order valence-electron chi connectivity index (χ2n) is 9.28. The Kier molecular flexibility index (Phi) is 7.93. The molecule has 1 aromatic heterocycles. The maximum Gasteiger partial charge on any atom is 0.240 e. The lowest BCUT2D eigenvalue weighted by molar-refractivity contribution is -0.121. The van der Waals surface area contributed by atoms with Crippen LogP contribution in [0.5, 0.6) is 0 Å². The van der Waals surface area contributed by atoms with Crippen molar-refractivity contribution in [3.8, 4) is 0 Å². The zero-order chi connectivity index (χ0) is 22.8. The van der Waals surface area contributed by atoms with E-state index >= 15 is 0 Å². The van der Waals surface area contributed by atoms with Gasteiger partial charge in [0, 0.05) is 40.7 Å². The van der Waals surface area contributed by atoms with E-state index in [1.807, 2.05) is 27.0 Å². The van der Waals surface area contributed by atoms with Gasteiger partial charge in [0.25, 0.3) is 0 Å². The van der Waals surface area contributed by atoms with Gasteiger partial charge >= 0.3 is 0 Å². The average molecular weight is 481 g/mol. The van der Waals surface area contributed by atoms with Crippen molar-refractivity contribution in [1.82, 2.24) is 10.3 Å². The van der Waals surface area contributed by atoms with Crippen molar-refractivity contribution in [3.63, 3.8) is 0 Å². The molecular weight excluding hydrogens is 444 g/mol. The molecule has 2 aliphatic rings. The molecule has 1 unspecified atom stereocenters. The predicted molar refractivity (Wildman–Crippen MR) is 139 cm³/mol. The molecule has 2 aliphatic heterocycles. The van der Waals surface area contributed by atoms with Gasteiger partial charge in [-0.1, -0.05) is 32.2 Å². The zero-order valence-electron chi connectivity index (χ0n) is 19.7. The van der Waals surface area contributed by atoms with Crippen LogP contribution in [0.3, 0.4) is 0 Å². The number of ether oxygens (including phenoxy) is 1. The van der Waals surface area contributed by atoms with Gasteiger partial charge in [-0.25, -0.2) is 4.98 Å². The first-order chi connectivity index (χ1) is 14.5. The second kappa shape index (κ2) is 9.94. The standard InChI is InChI=1S/C24H36N2O2S3/c1-8-17-15-31(7)21(13-19(17)23(3,4)20-14-25-16(2)29-20)26-22(27)24(5,6)30-18-9-11-28-12-10-18/h13-14,18H,7-12,15H2,1-6H3,(H,26,27). The minimum atomic E-state index is -0.494. The molecule has 7 heteroatoms. The molecule has 1 N–H and O–H groups in total. The summed E-state index contributed by atoms with van der Waals surface area (Å²) in [6, 6.07) is 0. The first kappa shape index (κ1) is 24.7. The van der Waals surface area contributed by atoms with E-state index in [1.54, 1.807) is 23.1 Å². The van der Waals surface area contributed by atoms with Crippen LogP contribution in [0.2, 0.25) is 0 Å². The molecule has 0 aliphatic carbocycles. The third-order valence-corrected chi connectivity index (χ3v) is 10.4. The topological polar surface area (TPSA) is 51.2 Å². The third kappa shape index (κ3) is 5.73. The van der Waals surface area contributed by atoms with Crippen molar-refractivity contribution in [2.45, 2.75) is 76.2 Å². The van der Waals surface area contributed by atoms with Crippen LogP contribution in [-0.2, 0) is 14.9 Å². The molecule has 0 radical (unpaired) electrons. The largest absolute Gasteiger partial charge is 0.381 e. The van der Waals surface area contributed by atoms with Crippen LogP contribution in [-0.4, -0.2) is 45.7 Å². The number of hydrogen-bond donors (Lipinski definition) is 1. The average Bonchev–Trinajstić information content (AvgIpc) is 3.16. The summed E-state index contributed by atoms with van der Waals surface area (Å²) in [5, 5.41) is 5.80. The Balaban J connectivity index is 1.83. The van der Waals surface area contributed by atoms with Crippen LogP contribution >= 0.6 is 33.6 Å². The van der Waals surface area contributed by atoms with E-state index in [9.17, 15) is 4.79 Å². The Hall–Kier alpha value is -0.890. The third-order valence-electron chi connectivity index (χ3n) is 6.07. The molecule has 4 nitrogen and oxygen atoms in total. The summed E-state index contributed by atoms with van der Waals surface area (Å²) >= 11 is 3.53. The smallest absolute Gasteiger partial charge is 0.240 e. The molecule has 3 rings (SSSR count). The number of thiazole rings is 1. The minimum Gasteiger partial charge on any atom is -0.381 e. The summed E-state index contributed by atoms with van der Waals surface area (Å²) in [7, 11) is -0.247. The number of allylic oxidation sites excluding steroid dienone is 2. The molecule has 0 aromatic carbocycles. The maximum absolute atomic E-state index is 13.3. The van der Waals surface area contributed by atoms with Crippen LogP contribution in [0.25, 0.3) is 0 Å². The van der Waals surface area contributed by atoms with Crippen LogP contribution in [0, 0.1) is 6.92 Å². The van der Waals surface area contributed by atoms with Crippen molar-refractivity contribution in [3.05, 3.63) is 38.3 Å². The summed E-state index contributed by atoms with van der Waals surface area (Å²) in [6.45, 7) is 14.4. The molecule has 3 heterocycles. The highest BCUT2D eigenvalue weighted by Gasteiger charge is 2.35. The van der Waals surface area contributed by atoms with Gasteiger partial charge in [0.15, 0.2) is 0 Å². The van der Waals surface area contributed by atoms with E-state index in [2.05, 4.69) is 43.0 Å². The highest BCUT2D eigenvalue weighted by atomic mass is 32.2. The molecule has 1 fully saturated rings. The van der Waals surface area contributed by atoms with E-state index in [0.29, 0.717) is 5.25 Å². The number of hydrogen-bond acceptors (Lipinski definition) is 5. The van der Waals surface area contributed by atoms with Crippen molar-refractivity contribution in [1.29, 1.82) is 0 Å². The number of nitrogens with one attached hydrogen (secondary N) is 1. The number of aromatic nitrogens is 1. The lowest BCUT2D eigenvalue weighted by atomic mass is 9.79. The van der Waals surface area contributed by atoms with Crippen LogP contribution in [0.4, 0.5) is 0 Å². The quantitative estimate of drug-likeness (QED) is 0.501. The minimum absolute atomic E-state index is 0.0714. The van der Waals surface area contributed by atoms with Gasteiger partial charge in [-0.15, -0.1) is 33.6 Å². The molecular formula is C24H36N2O2S3. The fraction of sp³-hybridized carbons (Fsp3) is 0.625. The number of nitrogens with zero attached hydrogens (tertiary/aromatic N) is 1. The Bertz CT molecular complexity index is 906. The van der Waals surface area contributed by atoms with Gasteiger partial charge < -0.3 is 10.1 Å². The fourth-order valence-electron chi connectivity index (χ4n) is 4.01. The summed E-state index contributed by atoms with van der Waals surface area (Å²) in [5.74, 6) is 5.38. The van der Waals surface area contributed by atoms with Crippen LogP contribution in [0.15, 0.2) is 28.4 Å².